The fourth-order valence-electron chi connectivity index (χ4n) is 0.161. The molecule has 0 aromatic carbocycles. The van der Waals surface area contributed by atoms with E-state index in [0.717, 1.165) is 0 Å². The highest BCUT2D eigenvalue weighted by molar-refractivity contribution is 4.96. The first kappa shape index (κ1) is 10.5. The molecule has 0 rings (SSSR count). The van der Waals surface area contributed by atoms with Crippen molar-refractivity contribution < 1.29 is 30.7 Å². The number of rotatable bonds is 0. The van der Waals surface area contributed by atoms with Crippen LogP contribution in [0.15, 0.2) is 0 Å². The average Bonchev–Trinajstić information content (AvgIpc) is 1.58. The minimum Gasteiger partial charge on any atom is -0.224 e. The fourth-order valence-corrected chi connectivity index (χ4v) is 0.161. The Morgan fingerprint density at radius 1 is 0.636 bits per heavy atom. The van der Waals surface area contributed by atoms with Crippen molar-refractivity contribution in [3.8, 4) is 0 Å². The Morgan fingerprint density at radius 3 is 0.818 bits per heavy atom. The van der Waals surface area contributed by atoms with Gasteiger partial charge < -0.3 is 0 Å². The smallest absolute Gasteiger partial charge is 0.224 e. The van der Waals surface area contributed by atoms with Gasteiger partial charge in [-0.25, -0.2) is 4.39 Å². The molecule has 0 spiro atoms. The van der Waals surface area contributed by atoms with Crippen LogP contribution in [0.1, 0.15) is 0 Å². The van der Waals surface area contributed by atoms with Crippen molar-refractivity contribution in [2.45, 2.75) is 18.0 Å². The van der Waals surface area contributed by atoms with Gasteiger partial charge in [0.05, 0.1) is 0 Å². The van der Waals surface area contributed by atoms with Crippen molar-refractivity contribution in [1.29, 1.82) is 0 Å². The maximum Gasteiger partial charge on any atom is 0.431 e. The number of hydrogen-bond acceptors (Lipinski definition) is 0. The molecule has 0 bridgehead atoms. The summed E-state index contributed by atoms with van der Waals surface area (Å²) in [6, 6.07) is 0. The van der Waals surface area contributed by atoms with E-state index in [-0.39, 0.29) is 0 Å². The van der Waals surface area contributed by atoms with Gasteiger partial charge in [0.1, 0.15) is 0 Å². The Morgan fingerprint density at radius 2 is 0.818 bits per heavy atom. The van der Waals surface area contributed by atoms with Crippen molar-refractivity contribution in [1.82, 2.24) is 0 Å². The van der Waals surface area contributed by atoms with Crippen LogP contribution in [0.5, 0.6) is 0 Å². The zero-order valence-corrected chi connectivity index (χ0v) is 4.85. The molecule has 0 aromatic heterocycles. The number of hydrogen-bond donors (Lipinski definition) is 0. The van der Waals surface area contributed by atoms with E-state index in [4.69, 9.17) is 0 Å². The van der Waals surface area contributed by atoms with E-state index in [0.29, 0.717) is 0 Å². The Labute approximate surface area is 57.0 Å². The Kier molecular flexibility index (Phi) is 2.15. The molecule has 0 atom stereocenters. The highest BCUT2D eigenvalue weighted by atomic mass is 19.4. The molecule has 0 amide bonds. The van der Waals surface area contributed by atoms with Gasteiger partial charge in [0.15, 0.2) is 0 Å². The predicted octanol–water partition coefficient (Wildman–Crippen LogP) is 2.65. The molecule has 67 valence electrons. The van der Waals surface area contributed by atoms with E-state index in [1.165, 1.54) is 6.92 Å². The molecule has 0 saturated heterocycles. The van der Waals surface area contributed by atoms with Crippen LogP contribution in [0.2, 0.25) is 0 Å². The van der Waals surface area contributed by atoms with Crippen LogP contribution in [0.25, 0.3) is 0 Å². The summed E-state index contributed by atoms with van der Waals surface area (Å²) in [5.41, 5.74) is -5.38. The maximum atomic E-state index is 11.7. The van der Waals surface area contributed by atoms with Gasteiger partial charge in [-0.05, 0) is 0 Å². The highest BCUT2D eigenvalue weighted by Gasteiger charge is 2.69. The molecule has 1 radical (unpaired) electrons. The van der Waals surface area contributed by atoms with E-state index in [9.17, 15) is 30.7 Å². The average molecular weight is 183 g/mol. The second-order valence-electron chi connectivity index (χ2n) is 1.80. The molecule has 0 aliphatic heterocycles. The first-order chi connectivity index (χ1) is 4.50. The standard InChI is InChI=1S/C4H2F7/c1-2(5,3(6,7)8)4(9,10)11/h1H2. The van der Waals surface area contributed by atoms with E-state index in [1.54, 1.807) is 0 Å². The lowest BCUT2D eigenvalue weighted by molar-refractivity contribution is -0.323. The summed E-state index contributed by atoms with van der Waals surface area (Å²) in [7, 11) is 0. The van der Waals surface area contributed by atoms with Crippen molar-refractivity contribution in [2.24, 2.45) is 0 Å². The molecular formula is C4H2F7. The summed E-state index contributed by atoms with van der Waals surface area (Å²) < 4.78 is 78.8. The van der Waals surface area contributed by atoms with Gasteiger partial charge in [0.25, 0.3) is 5.67 Å². The Hall–Kier alpha value is -0.490. The monoisotopic (exact) mass is 183 g/mol. The minimum atomic E-state index is -6.02. The summed E-state index contributed by atoms with van der Waals surface area (Å²) in [6.45, 7) is 1.40. The molecule has 0 aliphatic carbocycles. The van der Waals surface area contributed by atoms with Crippen LogP contribution in [0.3, 0.4) is 0 Å². The normalized spacial score (nSPS) is 15.3. The van der Waals surface area contributed by atoms with Gasteiger partial charge >= 0.3 is 12.4 Å². The number of alkyl halides is 7. The predicted molar refractivity (Wildman–Crippen MR) is 21.3 cm³/mol. The third-order valence-electron chi connectivity index (χ3n) is 0.899. The third-order valence-corrected chi connectivity index (χ3v) is 0.899. The Bertz CT molecular complexity index is 122. The van der Waals surface area contributed by atoms with E-state index in [2.05, 4.69) is 0 Å². The quantitative estimate of drug-likeness (QED) is 0.506. The van der Waals surface area contributed by atoms with Crippen molar-refractivity contribution >= 4 is 0 Å². The topological polar surface area (TPSA) is 0 Å². The molecule has 0 aromatic rings. The number of halogens is 7. The zero-order chi connectivity index (χ0) is 9.50. The second kappa shape index (κ2) is 2.25. The summed E-state index contributed by atoms with van der Waals surface area (Å²) in [5, 5.41) is 0. The van der Waals surface area contributed by atoms with Crippen LogP contribution in [-0.2, 0) is 0 Å². The Balaban J connectivity index is 4.75. The molecule has 0 fully saturated rings. The lowest BCUT2D eigenvalue weighted by Crippen LogP contribution is -2.50. The molecule has 7 heteroatoms. The lowest BCUT2D eigenvalue weighted by atomic mass is 10.1. The second-order valence-corrected chi connectivity index (χ2v) is 1.80. The van der Waals surface area contributed by atoms with Gasteiger partial charge in [0.2, 0.25) is 0 Å². The summed E-state index contributed by atoms with van der Waals surface area (Å²) in [6.07, 6.45) is -12.0. The van der Waals surface area contributed by atoms with Crippen LogP contribution in [-0.4, -0.2) is 18.0 Å². The van der Waals surface area contributed by atoms with E-state index < -0.39 is 18.0 Å². The SMILES string of the molecule is [CH2]C(F)(C(F)(F)F)C(F)(F)F. The molecule has 0 N–H and O–H groups in total. The molecular weight excluding hydrogens is 181 g/mol. The van der Waals surface area contributed by atoms with E-state index in [1.807, 2.05) is 0 Å². The maximum absolute atomic E-state index is 11.7. The highest BCUT2D eigenvalue weighted by Crippen LogP contribution is 2.45. The molecule has 0 aliphatic rings. The van der Waals surface area contributed by atoms with Crippen molar-refractivity contribution in [3.05, 3.63) is 6.92 Å². The molecule has 0 nitrogen and oxygen atoms in total. The first-order valence-corrected chi connectivity index (χ1v) is 2.18. The summed E-state index contributed by atoms with van der Waals surface area (Å²) in [5.74, 6) is 0. The zero-order valence-electron chi connectivity index (χ0n) is 4.85. The van der Waals surface area contributed by atoms with Gasteiger partial charge in [-0.3, -0.25) is 0 Å². The van der Waals surface area contributed by atoms with Gasteiger partial charge in [-0.1, -0.05) is 0 Å². The largest absolute Gasteiger partial charge is 0.431 e. The summed E-state index contributed by atoms with van der Waals surface area (Å²) >= 11 is 0. The van der Waals surface area contributed by atoms with Gasteiger partial charge in [-0.2, -0.15) is 26.3 Å². The minimum absolute atomic E-state index is 1.40. The summed E-state index contributed by atoms with van der Waals surface area (Å²) in [4.78, 5) is 0. The van der Waals surface area contributed by atoms with Crippen LogP contribution < -0.4 is 0 Å². The lowest BCUT2D eigenvalue weighted by Gasteiger charge is -2.25. The van der Waals surface area contributed by atoms with E-state index >= 15 is 0 Å². The van der Waals surface area contributed by atoms with Crippen LogP contribution in [0, 0.1) is 6.92 Å². The van der Waals surface area contributed by atoms with Crippen LogP contribution in [0.4, 0.5) is 30.7 Å². The van der Waals surface area contributed by atoms with Gasteiger partial charge in [0, 0.05) is 6.92 Å². The third kappa shape index (κ3) is 1.75. The molecule has 0 unspecified atom stereocenters. The first-order valence-electron chi connectivity index (χ1n) is 2.18. The molecule has 11 heavy (non-hydrogen) atoms. The molecule has 0 heterocycles. The van der Waals surface area contributed by atoms with Crippen LogP contribution >= 0.6 is 0 Å². The van der Waals surface area contributed by atoms with Crippen molar-refractivity contribution in [3.63, 3.8) is 0 Å². The van der Waals surface area contributed by atoms with Gasteiger partial charge in [-0.15, -0.1) is 0 Å². The van der Waals surface area contributed by atoms with Crippen molar-refractivity contribution in [2.75, 3.05) is 0 Å². The fraction of sp³-hybridized carbons (Fsp3) is 0.750. The molecule has 0 saturated carbocycles.